The zero-order chi connectivity index (χ0) is 26.4. The van der Waals surface area contributed by atoms with Crippen molar-refractivity contribution in [2.75, 3.05) is 0 Å². The van der Waals surface area contributed by atoms with Crippen molar-refractivity contribution in [1.29, 1.82) is 0 Å². The molecule has 1 aliphatic carbocycles. The standard InChI is InChI=1S/C29H31FN2O4S/c1-20(22-10-14-25(30)15-11-22)31-29(34)24-12-16-26(17-13-24)32-37(35,36)27-9-5-6-21(18-27)19-28(33)23-7-3-2-4-8-23/h2-11,14-15,18,20,24,26,32H,12-13,16-17,19H2,1H3,(H,31,34)/t20-,24?,26?/m1/s1. The molecule has 1 aliphatic rings. The summed E-state index contributed by atoms with van der Waals surface area (Å²) in [5.74, 6) is -0.672. The maximum atomic E-state index is 13.2. The summed E-state index contributed by atoms with van der Waals surface area (Å²) in [6, 6.07) is 20.9. The van der Waals surface area contributed by atoms with E-state index in [2.05, 4.69) is 10.0 Å². The zero-order valence-corrected chi connectivity index (χ0v) is 21.5. The second kappa shape index (κ2) is 11.8. The van der Waals surface area contributed by atoms with Crippen LogP contribution in [0.3, 0.4) is 0 Å². The number of ketones is 1. The predicted octanol–water partition coefficient (Wildman–Crippen LogP) is 4.97. The summed E-state index contributed by atoms with van der Waals surface area (Å²) in [5.41, 5.74) is 2.04. The fourth-order valence-corrected chi connectivity index (χ4v) is 6.04. The van der Waals surface area contributed by atoms with Crippen molar-refractivity contribution < 1.29 is 22.4 Å². The second-order valence-electron chi connectivity index (χ2n) is 9.57. The van der Waals surface area contributed by atoms with Crippen molar-refractivity contribution in [2.24, 2.45) is 5.92 Å². The Kier molecular flexibility index (Phi) is 8.51. The molecule has 3 aromatic carbocycles. The molecule has 0 spiro atoms. The zero-order valence-electron chi connectivity index (χ0n) is 20.7. The van der Waals surface area contributed by atoms with Gasteiger partial charge in [-0.25, -0.2) is 17.5 Å². The maximum absolute atomic E-state index is 13.2. The van der Waals surface area contributed by atoms with Crippen LogP contribution in [0.25, 0.3) is 0 Å². The lowest BCUT2D eigenvalue weighted by Crippen LogP contribution is -2.41. The van der Waals surface area contributed by atoms with E-state index in [0.29, 0.717) is 36.8 Å². The Bertz CT molecular complexity index is 1340. The second-order valence-corrected chi connectivity index (χ2v) is 11.3. The van der Waals surface area contributed by atoms with Gasteiger partial charge in [-0.05, 0) is 68.0 Å². The van der Waals surface area contributed by atoms with Crippen LogP contribution in [0.15, 0.2) is 83.8 Å². The van der Waals surface area contributed by atoms with Crippen molar-refractivity contribution in [3.8, 4) is 0 Å². The SMILES string of the molecule is C[C@@H](NC(=O)C1CCC(NS(=O)(=O)c2cccc(CC(=O)c3ccccc3)c2)CC1)c1ccc(F)cc1. The molecule has 0 bridgehead atoms. The number of benzene rings is 3. The number of rotatable bonds is 9. The van der Waals surface area contributed by atoms with E-state index in [1.165, 1.54) is 18.2 Å². The summed E-state index contributed by atoms with van der Waals surface area (Å²) < 4.78 is 42.0. The van der Waals surface area contributed by atoms with Crippen LogP contribution in [0.5, 0.6) is 0 Å². The summed E-state index contributed by atoms with van der Waals surface area (Å²) in [6.45, 7) is 1.85. The highest BCUT2D eigenvalue weighted by Gasteiger charge is 2.30. The van der Waals surface area contributed by atoms with Gasteiger partial charge in [0.2, 0.25) is 15.9 Å². The van der Waals surface area contributed by atoms with Crippen LogP contribution in [-0.4, -0.2) is 26.2 Å². The summed E-state index contributed by atoms with van der Waals surface area (Å²) in [5, 5.41) is 2.98. The molecule has 1 amide bonds. The minimum atomic E-state index is -3.77. The first-order chi connectivity index (χ1) is 17.7. The molecule has 0 aliphatic heterocycles. The Morgan fingerprint density at radius 3 is 2.27 bits per heavy atom. The number of hydrogen-bond acceptors (Lipinski definition) is 4. The first kappa shape index (κ1) is 26.7. The van der Waals surface area contributed by atoms with Crippen LogP contribution in [0.4, 0.5) is 4.39 Å². The summed E-state index contributed by atoms with van der Waals surface area (Å²) in [7, 11) is -3.77. The van der Waals surface area contributed by atoms with E-state index < -0.39 is 10.0 Å². The molecule has 6 nitrogen and oxygen atoms in total. The number of halogens is 1. The number of carbonyl (C=O) groups is 2. The van der Waals surface area contributed by atoms with Crippen molar-refractivity contribution in [1.82, 2.24) is 10.0 Å². The van der Waals surface area contributed by atoms with E-state index in [-0.39, 0.29) is 46.8 Å². The van der Waals surface area contributed by atoms with Crippen molar-refractivity contribution in [3.05, 3.63) is 101 Å². The molecule has 0 unspecified atom stereocenters. The molecule has 1 atom stereocenters. The van der Waals surface area contributed by atoms with Crippen molar-refractivity contribution in [3.63, 3.8) is 0 Å². The van der Waals surface area contributed by atoms with Gasteiger partial charge in [0.1, 0.15) is 5.82 Å². The quantitative estimate of drug-likeness (QED) is 0.388. The fraction of sp³-hybridized carbons (Fsp3) is 0.310. The molecule has 1 saturated carbocycles. The third-order valence-electron chi connectivity index (χ3n) is 6.82. The molecule has 2 N–H and O–H groups in total. The van der Waals surface area contributed by atoms with E-state index in [0.717, 1.165) is 5.56 Å². The Balaban J connectivity index is 1.30. The molecule has 0 heterocycles. The molecule has 0 aromatic heterocycles. The summed E-state index contributed by atoms with van der Waals surface area (Å²) >= 11 is 0. The van der Waals surface area contributed by atoms with Crippen LogP contribution in [-0.2, 0) is 21.2 Å². The average Bonchev–Trinajstić information content (AvgIpc) is 2.90. The lowest BCUT2D eigenvalue weighted by Gasteiger charge is -2.29. The molecule has 1 fully saturated rings. The van der Waals surface area contributed by atoms with E-state index in [1.54, 1.807) is 54.6 Å². The van der Waals surface area contributed by atoms with E-state index in [9.17, 15) is 22.4 Å². The van der Waals surface area contributed by atoms with Gasteiger partial charge in [0, 0.05) is 23.9 Å². The van der Waals surface area contributed by atoms with Gasteiger partial charge < -0.3 is 5.32 Å². The van der Waals surface area contributed by atoms with Gasteiger partial charge in [-0.1, -0.05) is 54.6 Å². The van der Waals surface area contributed by atoms with Crippen molar-refractivity contribution >= 4 is 21.7 Å². The van der Waals surface area contributed by atoms with E-state index in [4.69, 9.17) is 0 Å². The van der Waals surface area contributed by atoms with Crippen LogP contribution in [0.1, 0.15) is 60.1 Å². The van der Waals surface area contributed by atoms with Gasteiger partial charge in [-0.3, -0.25) is 9.59 Å². The highest BCUT2D eigenvalue weighted by atomic mass is 32.2. The Morgan fingerprint density at radius 2 is 1.59 bits per heavy atom. The number of carbonyl (C=O) groups excluding carboxylic acids is 2. The normalized spacial score (nSPS) is 18.6. The fourth-order valence-electron chi connectivity index (χ4n) is 4.66. The number of sulfonamides is 1. The predicted molar refractivity (Wildman–Crippen MR) is 140 cm³/mol. The van der Waals surface area contributed by atoms with E-state index in [1.807, 2.05) is 13.0 Å². The van der Waals surface area contributed by atoms with Crippen LogP contribution < -0.4 is 10.0 Å². The van der Waals surface area contributed by atoms with Crippen LogP contribution in [0, 0.1) is 11.7 Å². The molecule has 8 heteroatoms. The van der Waals surface area contributed by atoms with Crippen LogP contribution in [0.2, 0.25) is 0 Å². The third-order valence-corrected chi connectivity index (χ3v) is 8.34. The highest BCUT2D eigenvalue weighted by Crippen LogP contribution is 2.27. The number of hydrogen-bond donors (Lipinski definition) is 2. The van der Waals surface area contributed by atoms with Gasteiger partial charge in [-0.2, -0.15) is 0 Å². The molecular weight excluding hydrogens is 491 g/mol. The lowest BCUT2D eigenvalue weighted by atomic mass is 9.85. The molecular formula is C29H31FN2O4S. The number of Topliss-reactive ketones (excluding diaryl/α,β-unsaturated/α-hetero) is 1. The Morgan fingerprint density at radius 1 is 0.919 bits per heavy atom. The molecule has 194 valence electrons. The first-order valence-electron chi connectivity index (χ1n) is 12.5. The number of nitrogens with one attached hydrogen (secondary N) is 2. The molecule has 37 heavy (non-hydrogen) atoms. The minimum absolute atomic E-state index is 0.0751. The van der Waals surface area contributed by atoms with Gasteiger partial charge in [0.15, 0.2) is 5.78 Å². The Labute approximate surface area is 217 Å². The average molecular weight is 523 g/mol. The van der Waals surface area contributed by atoms with E-state index >= 15 is 0 Å². The molecule has 0 saturated heterocycles. The largest absolute Gasteiger partial charge is 0.349 e. The summed E-state index contributed by atoms with van der Waals surface area (Å²) in [6.07, 6.45) is 2.36. The third kappa shape index (κ3) is 7.11. The summed E-state index contributed by atoms with van der Waals surface area (Å²) in [4.78, 5) is 25.4. The van der Waals surface area contributed by atoms with Gasteiger partial charge in [-0.15, -0.1) is 0 Å². The lowest BCUT2D eigenvalue weighted by molar-refractivity contribution is -0.126. The number of amides is 1. The maximum Gasteiger partial charge on any atom is 0.240 e. The molecule has 0 radical (unpaired) electrons. The minimum Gasteiger partial charge on any atom is -0.349 e. The Hall–Kier alpha value is -3.36. The van der Waals surface area contributed by atoms with Gasteiger partial charge in [0.25, 0.3) is 0 Å². The topological polar surface area (TPSA) is 92.3 Å². The van der Waals surface area contributed by atoms with Crippen LogP contribution >= 0.6 is 0 Å². The smallest absolute Gasteiger partial charge is 0.240 e. The first-order valence-corrected chi connectivity index (χ1v) is 13.9. The van der Waals surface area contributed by atoms with Gasteiger partial charge >= 0.3 is 0 Å². The van der Waals surface area contributed by atoms with Crippen molar-refractivity contribution in [2.45, 2.75) is 56.0 Å². The molecule has 3 aromatic rings. The van der Waals surface area contributed by atoms with Gasteiger partial charge in [0.05, 0.1) is 10.9 Å². The highest BCUT2D eigenvalue weighted by molar-refractivity contribution is 7.89. The monoisotopic (exact) mass is 522 g/mol. The molecule has 4 rings (SSSR count).